The number of nitrogens with one attached hydrogen (secondary N) is 1. The normalized spacial score (nSPS) is 10.8. The Morgan fingerprint density at radius 1 is 1.19 bits per heavy atom. The quantitative estimate of drug-likeness (QED) is 0.622. The fourth-order valence-electron chi connectivity index (χ4n) is 2.07. The van der Waals surface area contributed by atoms with E-state index in [1.54, 1.807) is 6.20 Å². The highest BCUT2D eigenvalue weighted by Gasteiger charge is 2.16. The van der Waals surface area contributed by atoms with Crippen molar-refractivity contribution in [2.24, 2.45) is 10.9 Å². The molecule has 2 aromatic heterocycles. The van der Waals surface area contributed by atoms with Crippen LogP contribution in [-0.4, -0.2) is 25.6 Å². The van der Waals surface area contributed by atoms with E-state index in [-0.39, 0.29) is 0 Å². The smallest absolute Gasteiger partial charge is 0.206 e. The number of nitrogens with zero attached hydrogens (tertiary/aromatic N) is 4. The van der Waals surface area contributed by atoms with E-state index in [4.69, 9.17) is 10.9 Å². The van der Waals surface area contributed by atoms with Crippen LogP contribution in [0.2, 0.25) is 0 Å². The molecule has 0 atom stereocenters. The monoisotopic (exact) mass is 299 g/mol. The van der Waals surface area contributed by atoms with E-state index < -0.39 is 0 Å². The molecule has 106 valence electrons. The van der Waals surface area contributed by atoms with Gasteiger partial charge in [0.1, 0.15) is 0 Å². The Labute approximate surface area is 125 Å². The Balaban J connectivity index is 2.17. The predicted molar refractivity (Wildman–Crippen MR) is 80.8 cm³/mol. The van der Waals surface area contributed by atoms with Gasteiger partial charge in [-0.25, -0.2) is 0 Å². The van der Waals surface area contributed by atoms with Crippen LogP contribution in [-0.2, 0) is 6.54 Å². The third-order valence-electron chi connectivity index (χ3n) is 3.07. The summed E-state index contributed by atoms with van der Waals surface area (Å²) in [7, 11) is 0. The highest BCUT2D eigenvalue weighted by molar-refractivity contribution is 7.97. The average Bonchev–Trinajstić information content (AvgIpc) is 3.08. The number of benzene rings is 1. The number of rotatable bonds is 4. The topological polar surface area (TPSA) is 119 Å². The van der Waals surface area contributed by atoms with Crippen molar-refractivity contribution in [3.63, 3.8) is 0 Å². The van der Waals surface area contributed by atoms with Crippen LogP contribution in [0.25, 0.3) is 22.5 Å². The average molecular weight is 299 g/mol. The zero-order chi connectivity index (χ0) is 14.7. The second-order valence-electron chi connectivity index (χ2n) is 4.27. The lowest BCUT2D eigenvalue weighted by molar-refractivity contribution is 0.881. The minimum Gasteiger partial charge on any atom is -0.325 e. The summed E-state index contributed by atoms with van der Waals surface area (Å²) in [5.74, 6) is 0.501. The summed E-state index contributed by atoms with van der Waals surface area (Å²) in [6, 6.07) is 9.70. The van der Waals surface area contributed by atoms with Gasteiger partial charge in [0.2, 0.25) is 5.82 Å². The van der Waals surface area contributed by atoms with E-state index in [1.165, 1.54) is 0 Å². The van der Waals surface area contributed by atoms with Crippen molar-refractivity contribution in [3.8, 4) is 22.5 Å². The van der Waals surface area contributed by atoms with Crippen molar-refractivity contribution in [1.82, 2.24) is 25.6 Å². The summed E-state index contributed by atoms with van der Waals surface area (Å²) in [5, 5.41) is 19.9. The third-order valence-corrected chi connectivity index (χ3v) is 3.66. The van der Waals surface area contributed by atoms with Gasteiger partial charge in [-0.2, -0.15) is 5.21 Å². The number of nitrogens with two attached hydrogens (primary N) is 2. The lowest BCUT2D eigenvalue weighted by Gasteiger charge is -2.10. The summed E-state index contributed by atoms with van der Waals surface area (Å²) >= 11 is 1.15. The van der Waals surface area contributed by atoms with Gasteiger partial charge in [0.25, 0.3) is 0 Å². The Morgan fingerprint density at radius 2 is 2.10 bits per heavy atom. The van der Waals surface area contributed by atoms with Crippen molar-refractivity contribution >= 4 is 11.9 Å². The van der Waals surface area contributed by atoms with Gasteiger partial charge in [0.15, 0.2) is 0 Å². The standard InChI is InChI=1S/C13H13N7S/c14-6-9-5-4-8(7-16-9)10-2-1-3-11(21-15)12(10)13-17-19-20-18-13/h1-5,7H,6,14-15H2,(H,17,18,19,20). The second kappa shape index (κ2) is 6.00. The summed E-state index contributed by atoms with van der Waals surface area (Å²) < 4.78 is 0. The zero-order valence-corrected chi connectivity index (χ0v) is 11.8. The molecule has 0 aliphatic rings. The van der Waals surface area contributed by atoms with E-state index in [0.29, 0.717) is 12.4 Å². The van der Waals surface area contributed by atoms with Crippen LogP contribution in [0.4, 0.5) is 0 Å². The molecule has 8 heteroatoms. The molecule has 0 aliphatic carbocycles. The molecule has 0 spiro atoms. The van der Waals surface area contributed by atoms with Gasteiger partial charge in [-0.1, -0.05) is 18.2 Å². The number of H-pyrrole nitrogens is 1. The van der Waals surface area contributed by atoms with Crippen LogP contribution >= 0.6 is 11.9 Å². The maximum absolute atomic E-state index is 5.75. The molecule has 0 bridgehead atoms. The molecular weight excluding hydrogens is 286 g/mol. The van der Waals surface area contributed by atoms with E-state index in [9.17, 15) is 0 Å². The van der Waals surface area contributed by atoms with Gasteiger partial charge < -0.3 is 5.73 Å². The first-order valence-electron chi connectivity index (χ1n) is 6.22. The summed E-state index contributed by atoms with van der Waals surface area (Å²) in [6.45, 7) is 0.413. The first-order chi connectivity index (χ1) is 10.3. The molecule has 3 rings (SSSR count). The molecular formula is C13H13N7S. The van der Waals surface area contributed by atoms with Crippen molar-refractivity contribution in [2.75, 3.05) is 0 Å². The van der Waals surface area contributed by atoms with Crippen LogP contribution in [0.15, 0.2) is 41.4 Å². The van der Waals surface area contributed by atoms with Crippen LogP contribution in [0.5, 0.6) is 0 Å². The number of hydrogen-bond donors (Lipinski definition) is 3. The summed E-state index contributed by atoms with van der Waals surface area (Å²) in [5.41, 5.74) is 9.14. The summed E-state index contributed by atoms with van der Waals surface area (Å²) in [4.78, 5) is 5.20. The lowest BCUT2D eigenvalue weighted by atomic mass is 10.0. The molecule has 0 saturated carbocycles. The molecule has 0 unspecified atom stereocenters. The Kier molecular flexibility index (Phi) is 3.91. The molecule has 0 fully saturated rings. The minimum atomic E-state index is 0.413. The van der Waals surface area contributed by atoms with Crippen LogP contribution in [0, 0.1) is 0 Å². The highest BCUT2D eigenvalue weighted by Crippen LogP contribution is 2.35. The largest absolute Gasteiger partial charge is 0.325 e. The molecule has 3 aromatic rings. The molecule has 0 radical (unpaired) electrons. The minimum absolute atomic E-state index is 0.413. The number of hydrogen-bond acceptors (Lipinski definition) is 7. The van der Waals surface area contributed by atoms with Gasteiger partial charge >= 0.3 is 0 Å². The molecule has 0 amide bonds. The number of aromatic amines is 1. The molecule has 2 heterocycles. The Hall–Kier alpha value is -2.29. The van der Waals surface area contributed by atoms with Crippen LogP contribution in [0.1, 0.15) is 5.69 Å². The second-order valence-corrected chi connectivity index (χ2v) is 4.95. The SMILES string of the molecule is NCc1ccc(-c2cccc(SN)c2-c2nn[nH]n2)cn1. The van der Waals surface area contributed by atoms with Crippen LogP contribution in [0.3, 0.4) is 0 Å². The third kappa shape index (κ3) is 2.64. The van der Waals surface area contributed by atoms with E-state index in [0.717, 1.165) is 39.2 Å². The lowest BCUT2D eigenvalue weighted by Crippen LogP contribution is -1.99. The van der Waals surface area contributed by atoms with E-state index in [2.05, 4.69) is 25.6 Å². The van der Waals surface area contributed by atoms with Crippen molar-refractivity contribution in [3.05, 3.63) is 42.2 Å². The summed E-state index contributed by atoms with van der Waals surface area (Å²) in [6.07, 6.45) is 1.78. The molecule has 0 aliphatic heterocycles. The number of aromatic nitrogens is 5. The highest BCUT2D eigenvalue weighted by atomic mass is 32.2. The first-order valence-corrected chi connectivity index (χ1v) is 7.10. The maximum Gasteiger partial charge on any atom is 0.206 e. The number of pyridine rings is 1. The molecule has 7 nitrogen and oxygen atoms in total. The molecule has 5 N–H and O–H groups in total. The van der Waals surface area contributed by atoms with Gasteiger partial charge in [0.05, 0.1) is 5.69 Å². The zero-order valence-electron chi connectivity index (χ0n) is 11.0. The predicted octanol–water partition coefficient (Wildman–Crippen LogP) is 1.35. The fraction of sp³-hybridized carbons (Fsp3) is 0.0769. The Bertz CT molecular complexity index is 725. The molecule has 1 aromatic carbocycles. The maximum atomic E-state index is 5.75. The number of tetrazole rings is 1. The van der Waals surface area contributed by atoms with Crippen LogP contribution < -0.4 is 10.9 Å². The van der Waals surface area contributed by atoms with Crippen molar-refractivity contribution < 1.29 is 0 Å². The van der Waals surface area contributed by atoms with Gasteiger partial charge in [-0.05, 0) is 34.9 Å². The van der Waals surface area contributed by atoms with Gasteiger partial charge in [-0.3, -0.25) is 10.1 Å². The Morgan fingerprint density at radius 3 is 2.71 bits per heavy atom. The van der Waals surface area contributed by atoms with E-state index in [1.807, 2.05) is 30.3 Å². The van der Waals surface area contributed by atoms with E-state index >= 15 is 0 Å². The van der Waals surface area contributed by atoms with Gasteiger partial charge in [0, 0.05) is 28.8 Å². The molecule has 0 saturated heterocycles. The van der Waals surface area contributed by atoms with Crippen molar-refractivity contribution in [2.45, 2.75) is 11.4 Å². The fourth-order valence-corrected chi connectivity index (χ4v) is 2.55. The van der Waals surface area contributed by atoms with Gasteiger partial charge in [-0.15, -0.1) is 10.2 Å². The first kappa shape index (κ1) is 13.7. The van der Waals surface area contributed by atoms with Crippen molar-refractivity contribution in [1.29, 1.82) is 0 Å². The molecule has 21 heavy (non-hydrogen) atoms.